The number of nitrogens with one attached hydrogen (secondary N) is 1. The summed E-state index contributed by atoms with van der Waals surface area (Å²) < 4.78 is 24.1. The summed E-state index contributed by atoms with van der Waals surface area (Å²) in [6.07, 6.45) is -0.577. The molecule has 0 aliphatic carbocycles. The number of hydrogen-bond acceptors (Lipinski definition) is 3. The van der Waals surface area contributed by atoms with E-state index in [1.807, 2.05) is 32.0 Å². The lowest BCUT2D eigenvalue weighted by Gasteiger charge is -2.14. The van der Waals surface area contributed by atoms with Gasteiger partial charge in [-0.1, -0.05) is 17.7 Å². The van der Waals surface area contributed by atoms with E-state index in [4.69, 9.17) is 9.47 Å². The van der Waals surface area contributed by atoms with E-state index in [-0.39, 0.29) is 13.2 Å². The first-order valence-electron chi connectivity index (χ1n) is 7.42. The smallest absolute Gasteiger partial charge is 0.411 e. The predicted octanol–water partition coefficient (Wildman–Crippen LogP) is 4.59. The molecule has 2 rings (SSSR count). The highest BCUT2D eigenvalue weighted by molar-refractivity contribution is 5.85. The van der Waals surface area contributed by atoms with E-state index in [9.17, 15) is 9.18 Å². The average molecular weight is 317 g/mol. The molecule has 0 aliphatic rings. The van der Waals surface area contributed by atoms with Gasteiger partial charge in [-0.3, -0.25) is 5.32 Å². The molecule has 0 saturated heterocycles. The third-order valence-electron chi connectivity index (χ3n) is 3.29. The van der Waals surface area contributed by atoms with Crippen LogP contribution in [0.2, 0.25) is 0 Å². The Morgan fingerprint density at radius 1 is 1.17 bits per heavy atom. The van der Waals surface area contributed by atoms with Crippen LogP contribution in [0, 0.1) is 19.7 Å². The quantitative estimate of drug-likeness (QED) is 0.877. The standard InChI is InChI=1S/C18H20FNO3/c1-4-22-18(21)20-16-7-6-15(19)10-14(16)11-23-17-8-5-12(2)9-13(17)3/h5-10H,4,11H2,1-3H3,(H,20,21). The van der Waals surface area contributed by atoms with Crippen LogP contribution in [0.5, 0.6) is 5.75 Å². The number of carbonyl (C=O) groups is 1. The molecule has 0 atom stereocenters. The maximum Gasteiger partial charge on any atom is 0.411 e. The van der Waals surface area contributed by atoms with E-state index < -0.39 is 11.9 Å². The van der Waals surface area contributed by atoms with Crippen LogP contribution in [0.3, 0.4) is 0 Å². The molecule has 122 valence electrons. The van der Waals surface area contributed by atoms with Crippen molar-refractivity contribution in [2.75, 3.05) is 11.9 Å². The summed E-state index contributed by atoms with van der Waals surface area (Å²) in [5.74, 6) is 0.334. The maximum absolute atomic E-state index is 13.5. The average Bonchev–Trinajstić information content (AvgIpc) is 2.49. The van der Waals surface area contributed by atoms with E-state index in [2.05, 4.69) is 5.32 Å². The molecule has 23 heavy (non-hydrogen) atoms. The number of carbonyl (C=O) groups excluding carboxylic acids is 1. The van der Waals surface area contributed by atoms with Crippen molar-refractivity contribution >= 4 is 11.8 Å². The molecule has 0 spiro atoms. The summed E-state index contributed by atoms with van der Waals surface area (Å²) in [4.78, 5) is 11.5. The first kappa shape index (κ1) is 16.8. The van der Waals surface area contributed by atoms with Crippen molar-refractivity contribution in [3.8, 4) is 5.75 Å². The van der Waals surface area contributed by atoms with Gasteiger partial charge in [-0.25, -0.2) is 9.18 Å². The second-order valence-electron chi connectivity index (χ2n) is 5.20. The molecule has 0 bridgehead atoms. The van der Waals surface area contributed by atoms with Crippen LogP contribution < -0.4 is 10.1 Å². The Morgan fingerprint density at radius 2 is 1.96 bits per heavy atom. The molecule has 0 aromatic heterocycles. The number of hydrogen-bond donors (Lipinski definition) is 1. The SMILES string of the molecule is CCOC(=O)Nc1ccc(F)cc1COc1ccc(C)cc1C. The predicted molar refractivity (Wildman–Crippen MR) is 87.3 cm³/mol. The lowest BCUT2D eigenvalue weighted by molar-refractivity contribution is 0.168. The van der Waals surface area contributed by atoms with E-state index in [1.54, 1.807) is 6.92 Å². The van der Waals surface area contributed by atoms with Gasteiger partial charge in [-0.2, -0.15) is 0 Å². The molecular weight excluding hydrogens is 297 g/mol. The molecule has 2 aromatic rings. The Hall–Kier alpha value is -2.56. The van der Waals surface area contributed by atoms with Crippen molar-refractivity contribution in [1.82, 2.24) is 0 Å². The highest BCUT2D eigenvalue weighted by Gasteiger charge is 2.10. The summed E-state index contributed by atoms with van der Waals surface area (Å²) in [5.41, 5.74) is 3.15. The number of benzene rings is 2. The molecule has 5 heteroatoms. The molecule has 1 N–H and O–H groups in total. The van der Waals surface area contributed by atoms with Gasteiger partial charge in [0.1, 0.15) is 18.2 Å². The third-order valence-corrected chi connectivity index (χ3v) is 3.29. The summed E-state index contributed by atoms with van der Waals surface area (Å²) in [7, 11) is 0. The largest absolute Gasteiger partial charge is 0.489 e. The zero-order valence-corrected chi connectivity index (χ0v) is 13.5. The van der Waals surface area contributed by atoms with Crippen LogP contribution in [0.25, 0.3) is 0 Å². The Bertz CT molecular complexity index is 701. The van der Waals surface area contributed by atoms with Crippen molar-refractivity contribution < 1.29 is 18.7 Å². The summed E-state index contributed by atoms with van der Waals surface area (Å²) in [5, 5.41) is 2.59. The number of rotatable bonds is 5. The van der Waals surface area contributed by atoms with E-state index in [0.29, 0.717) is 11.3 Å². The first-order chi connectivity index (χ1) is 11.0. The van der Waals surface area contributed by atoms with Gasteiger partial charge in [0, 0.05) is 5.56 Å². The Kier molecular flexibility index (Phi) is 5.57. The minimum absolute atomic E-state index is 0.142. The second kappa shape index (κ2) is 7.63. The van der Waals surface area contributed by atoms with E-state index >= 15 is 0 Å². The number of halogens is 1. The second-order valence-corrected chi connectivity index (χ2v) is 5.20. The van der Waals surface area contributed by atoms with Gasteiger partial charge in [0.2, 0.25) is 0 Å². The minimum Gasteiger partial charge on any atom is -0.489 e. The van der Waals surface area contributed by atoms with Crippen LogP contribution in [0.4, 0.5) is 14.9 Å². The van der Waals surface area contributed by atoms with Gasteiger partial charge in [-0.15, -0.1) is 0 Å². The normalized spacial score (nSPS) is 10.3. The number of anilines is 1. The molecule has 0 aliphatic heterocycles. The first-order valence-corrected chi connectivity index (χ1v) is 7.42. The maximum atomic E-state index is 13.5. The molecule has 1 amide bonds. The highest BCUT2D eigenvalue weighted by atomic mass is 19.1. The molecule has 2 aromatic carbocycles. The van der Waals surface area contributed by atoms with Gasteiger partial charge >= 0.3 is 6.09 Å². The van der Waals surface area contributed by atoms with Crippen LogP contribution in [-0.4, -0.2) is 12.7 Å². The van der Waals surface area contributed by atoms with Gasteiger partial charge in [0.05, 0.1) is 12.3 Å². The fraction of sp³-hybridized carbons (Fsp3) is 0.278. The highest BCUT2D eigenvalue weighted by Crippen LogP contribution is 2.23. The van der Waals surface area contributed by atoms with Crippen LogP contribution in [-0.2, 0) is 11.3 Å². The summed E-state index contributed by atoms with van der Waals surface area (Å²) in [6, 6.07) is 9.95. The fourth-order valence-electron chi connectivity index (χ4n) is 2.20. The molecule has 4 nitrogen and oxygen atoms in total. The summed E-state index contributed by atoms with van der Waals surface area (Å²) in [6.45, 7) is 6.08. The van der Waals surface area contributed by atoms with Gasteiger partial charge in [-0.05, 0) is 50.6 Å². The van der Waals surface area contributed by atoms with E-state index in [1.165, 1.54) is 18.2 Å². The van der Waals surface area contributed by atoms with Gasteiger partial charge in [0.15, 0.2) is 0 Å². The zero-order valence-electron chi connectivity index (χ0n) is 13.5. The molecule has 0 radical (unpaired) electrons. The molecule has 0 fully saturated rings. The van der Waals surface area contributed by atoms with Crippen molar-refractivity contribution in [1.29, 1.82) is 0 Å². The lowest BCUT2D eigenvalue weighted by atomic mass is 10.1. The molecule has 0 unspecified atom stereocenters. The third kappa shape index (κ3) is 4.71. The van der Waals surface area contributed by atoms with Crippen molar-refractivity contribution in [3.63, 3.8) is 0 Å². The van der Waals surface area contributed by atoms with Gasteiger partial charge < -0.3 is 9.47 Å². The lowest BCUT2D eigenvalue weighted by Crippen LogP contribution is -2.15. The van der Waals surface area contributed by atoms with Crippen molar-refractivity contribution in [3.05, 3.63) is 58.9 Å². The van der Waals surface area contributed by atoms with E-state index in [0.717, 1.165) is 16.9 Å². The monoisotopic (exact) mass is 317 g/mol. The molecule has 0 heterocycles. The van der Waals surface area contributed by atoms with Crippen LogP contribution in [0.1, 0.15) is 23.6 Å². The van der Waals surface area contributed by atoms with Crippen molar-refractivity contribution in [2.24, 2.45) is 0 Å². The van der Waals surface area contributed by atoms with Crippen molar-refractivity contribution in [2.45, 2.75) is 27.4 Å². The minimum atomic E-state index is -0.577. The van der Waals surface area contributed by atoms with Crippen LogP contribution in [0.15, 0.2) is 36.4 Å². The van der Waals surface area contributed by atoms with Crippen LogP contribution >= 0.6 is 0 Å². The Morgan fingerprint density at radius 3 is 2.65 bits per heavy atom. The molecule has 0 saturated carbocycles. The van der Waals surface area contributed by atoms with Gasteiger partial charge in [0.25, 0.3) is 0 Å². The number of aryl methyl sites for hydroxylation is 2. The Labute approximate surface area is 135 Å². The summed E-state index contributed by atoms with van der Waals surface area (Å²) >= 11 is 0. The Balaban J connectivity index is 2.14. The fourth-order valence-corrected chi connectivity index (χ4v) is 2.20. The number of ether oxygens (including phenoxy) is 2. The molecular formula is C18H20FNO3. The zero-order chi connectivity index (χ0) is 16.8. The number of amides is 1. The topological polar surface area (TPSA) is 47.6 Å².